The van der Waals surface area contributed by atoms with Crippen LogP contribution in [0.25, 0.3) is 0 Å². The van der Waals surface area contributed by atoms with E-state index >= 15 is 0 Å². The number of nitrogens with zero attached hydrogens (tertiary/aromatic N) is 5. The third-order valence-electron chi connectivity index (χ3n) is 4.79. The number of benzene rings is 1. The second-order valence-corrected chi connectivity index (χ2v) is 7.32. The molecule has 3 rings (SSSR count). The molecule has 0 aliphatic carbocycles. The van der Waals surface area contributed by atoms with E-state index in [0.29, 0.717) is 41.6 Å². The van der Waals surface area contributed by atoms with Crippen molar-refractivity contribution in [3.05, 3.63) is 57.7 Å². The van der Waals surface area contributed by atoms with Crippen molar-refractivity contribution < 1.29 is 32.4 Å². The molecule has 0 saturated heterocycles. The van der Waals surface area contributed by atoms with Crippen LogP contribution >= 0.6 is 0 Å². The SMILES string of the molecule is CCOc1ccc(Cn2cc(NC(=O)Cn3nc(C(F)(F)F)c([N+](=O)[O-])c3C)cn2)cc1OCC. The number of hydrogen-bond acceptors (Lipinski definition) is 7. The third kappa shape index (κ3) is 6.07. The Kier molecular flexibility index (Phi) is 7.62. The summed E-state index contributed by atoms with van der Waals surface area (Å²) in [5, 5.41) is 21.0. The van der Waals surface area contributed by atoms with Gasteiger partial charge < -0.3 is 14.8 Å². The lowest BCUT2D eigenvalue weighted by Crippen LogP contribution is -2.20. The van der Waals surface area contributed by atoms with Crippen LogP contribution in [0.2, 0.25) is 0 Å². The molecule has 0 bridgehead atoms. The van der Waals surface area contributed by atoms with Crippen molar-refractivity contribution in [1.29, 1.82) is 0 Å². The van der Waals surface area contributed by atoms with E-state index in [0.717, 1.165) is 12.5 Å². The van der Waals surface area contributed by atoms with Crippen molar-refractivity contribution in [3.63, 3.8) is 0 Å². The predicted molar refractivity (Wildman–Crippen MR) is 117 cm³/mol. The second kappa shape index (κ2) is 10.4. The molecular weight excluding hydrogens is 473 g/mol. The highest BCUT2D eigenvalue weighted by Crippen LogP contribution is 2.37. The number of hydrogen-bond donors (Lipinski definition) is 1. The largest absolute Gasteiger partial charge is 0.490 e. The van der Waals surface area contributed by atoms with Crippen LogP contribution in [0.4, 0.5) is 24.5 Å². The minimum absolute atomic E-state index is 0.293. The number of carbonyl (C=O) groups excluding carboxylic acids is 1. The summed E-state index contributed by atoms with van der Waals surface area (Å²) >= 11 is 0. The van der Waals surface area contributed by atoms with Crippen molar-refractivity contribution in [2.24, 2.45) is 0 Å². The minimum atomic E-state index is -5.03. The van der Waals surface area contributed by atoms with Crippen LogP contribution in [0.15, 0.2) is 30.6 Å². The predicted octanol–water partition coefficient (Wildman–Crippen LogP) is 3.80. The Hall–Kier alpha value is -4.10. The molecule has 3 aromatic rings. The minimum Gasteiger partial charge on any atom is -0.490 e. The molecular formula is C21H23F3N6O5. The van der Waals surface area contributed by atoms with Gasteiger partial charge >= 0.3 is 11.9 Å². The van der Waals surface area contributed by atoms with Crippen molar-refractivity contribution in [3.8, 4) is 11.5 Å². The van der Waals surface area contributed by atoms with Gasteiger partial charge in [-0.05, 0) is 38.5 Å². The Bertz CT molecular complexity index is 1220. The first-order chi connectivity index (χ1) is 16.5. The van der Waals surface area contributed by atoms with Gasteiger partial charge in [0.2, 0.25) is 11.6 Å². The zero-order valence-electron chi connectivity index (χ0n) is 19.1. The highest BCUT2D eigenvalue weighted by Gasteiger charge is 2.44. The molecule has 0 aliphatic heterocycles. The fourth-order valence-corrected chi connectivity index (χ4v) is 3.33. The number of ether oxygens (including phenoxy) is 2. The summed E-state index contributed by atoms with van der Waals surface area (Å²) in [7, 11) is 0. The number of amides is 1. The van der Waals surface area contributed by atoms with Crippen molar-refractivity contribution in [1.82, 2.24) is 19.6 Å². The number of aromatic nitrogens is 4. The molecule has 0 unspecified atom stereocenters. The highest BCUT2D eigenvalue weighted by molar-refractivity contribution is 5.90. The summed E-state index contributed by atoms with van der Waals surface area (Å²) < 4.78 is 52.6. The molecule has 188 valence electrons. The van der Waals surface area contributed by atoms with E-state index in [1.54, 1.807) is 10.7 Å². The first-order valence-electron chi connectivity index (χ1n) is 10.5. The van der Waals surface area contributed by atoms with Crippen LogP contribution in [0.3, 0.4) is 0 Å². The molecule has 0 aliphatic rings. The number of nitro groups is 1. The molecule has 0 radical (unpaired) electrons. The summed E-state index contributed by atoms with van der Waals surface area (Å²) in [6.45, 7) is 5.48. The van der Waals surface area contributed by atoms with E-state index in [1.807, 2.05) is 26.0 Å². The van der Waals surface area contributed by atoms with Gasteiger partial charge in [0.25, 0.3) is 0 Å². The van der Waals surface area contributed by atoms with Gasteiger partial charge in [0.1, 0.15) is 12.2 Å². The number of halogens is 3. The molecule has 2 heterocycles. The standard InChI is InChI=1S/C21H23F3N6O5/c1-4-34-16-7-6-14(8-17(16)35-5-2)10-28-11-15(9-25-28)26-18(31)12-29-13(3)19(30(32)33)20(27-29)21(22,23)24/h6-9,11H,4-5,10,12H2,1-3H3,(H,26,31). The van der Waals surface area contributed by atoms with Gasteiger partial charge in [-0.25, -0.2) is 0 Å². The first kappa shape index (κ1) is 25.5. The Morgan fingerprint density at radius 1 is 1.20 bits per heavy atom. The van der Waals surface area contributed by atoms with E-state index in [-0.39, 0.29) is 5.69 Å². The summed E-state index contributed by atoms with van der Waals surface area (Å²) in [6.07, 6.45) is -2.12. The maximum absolute atomic E-state index is 13.1. The maximum Gasteiger partial charge on any atom is 0.442 e. The lowest BCUT2D eigenvalue weighted by molar-refractivity contribution is -0.388. The van der Waals surface area contributed by atoms with E-state index in [4.69, 9.17) is 9.47 Å². The number of nitrogens with one attached hydrogen (secondary N) is 1. The van der Waals surface area contributed by atoms with Gasteiger partial charge in [-0.15, -0.1) is 0 Å². The molecule has 1 amide bonds. The van der Waals surface area contributed by atoms with E-state index in [9.17, 15) is 28.1 Å². The molecule has 1 aromatic carbocycles. The van der Waals surface area contributed by atoms with Crippen molar-refractivity contribution in [2.75, 3.05) is 18.5 Å². The fraction of sp³-hybridized carbons (Fsp3) is 0.381. The number of rotatable bonds is 10. The van der Waals surface area contributed by atoms with Gasteiger partial charge in [0.05, 0.1) is 36.6 Å². The molecule has 0 fully saturated rings. The molecule has 14 heteroatoms. The van der Waals surface area contributed by atoms with Gasteiger partial charge in [-0.3, -0.25) is 24.3 Å². The Morgan fingerprint density at radius 3 is 2.49 bits per heavy atom. The quantitative estimate of drug-likeness (QED) is 0.334. The summed E-state index contributed by atoms with van der Waals surface area (Å²) in [6, 6.07) is 5.45. The van der Waals surface area contributed by atoms with Gasteiger partial charge in [-0.2, -0.15) is 23.4 Å². The third-order valence-corrected chi connectivity index (χ3v) is 4.79. The smallest absolute Gasteiger partial charge is 0.442 e. The van der Waals surface area contributed by atoms with Crippen LogP contribution in [0.5, 0.6) is 11.5 Å². The molecule has 35 heavy (non-hydrogen) atoms. The van der Waals surface area contributed by atoms with Crippen LogP contribution in [0.1, 0.15) is 30.8 Å². The summed E-state index contributed by atoms with van der Waals surface area (Å²) in [5.41, 5.74) is -2.06. The lowest BCUT2D eigenvalue weighted by atomic mass is 10.2. The fourth-order valence-electron chi connectivity index (χ4n) is 3.33. The highest BCUT2D eigenvalue weighted by atomic mass is 19.4. The Morgan fingerprint density at radius 2 is 1.89 bits per heavy atom. The van der Waals surface area contributed by atoms with Crippen molar-refractivity contribution >= 4 is 17.3 Å². The first-order valence-corrected chi connectivity index (χ1v) is 10.5. The Labute approximate surface area is 197 Å². The van der Waals surface area contributed by atoms with E-state index in [1.165, 1.54) is 12.4 Å². The maximum atomic E-state index is 13.1. The molecule has 0 atom stereocenters. The second-order valence-electron chi connectivity index (χ2n) is 7.32. The lowest BCUT2D eigenvalue weighted by Gasteiger charge is -2.12. The molecule has 0 spiro atoms. The van der Waals surface area contributed by atoms with Crippen LogP contribution in [0, 0.1) is 17.0 Å². The summed E-state index contributed by atoms with van der Waals surface area (Å²) in [4.78, 5) is 22.3. The van der Waals surface area contributed by atoms with E-state index in [2.05, 4.69) is 15.5 Å². The van der Waals surface area contributed by atoms with Gasteiger partial charge in [0.15, 0.2) is 11.5 Å². The molecule has 1 N–H and O–H groups in total. The van der Waals surface area contributed by atoms with Crippen LogP contribution in [-0.2, 0) is 24.1 Å². The van der Waals surface area contributed by atoms with Crippen molar-refractivity contribution in [2.45, 2.75) is 40.0 Å². The molecule has 11 nitrogen and oxygen atoms in total. The number of carbonyl (C=O) groups is 1. The Balaban J connectivity index is 1.69. The number of anilines is 1. The normalized spacial score (nSPS) is 11.4. The topological polar surface area (TPSA) is 126 Å². The van der Waals surface area contributed by atoms with Crippen LogP contribution in [-0.4, -0.2) is 43.6 Å². The van der Waals surface area contributed by atoms with Gasteiger partial charge in [-0.1, -0.05) is 6.07 Å². The summed E-state index contributed by atoms with van der Waals surface area (Å²) in [5.74, 6) is 0.488. The zero-order valence-corrected chi connectivity index (χ0v) is 19.1. The number of alkyl halides is 3. The molecule has 0 saturated carbocycles. The van der Waals surface area contributed by atoms with Gasteiger partial charge in [0, 0.05) is 6.20 Å². The zero-order chi connectivity index (χ0) is 25.8. The monoisotopic (exact) mass is 496 g/mol. The average molecular weight is 496 g/mol. The van der Waals surface area contributed by atoms with E-state index < -0.39 is 34.9 Å². The molecule has 2 aromatic heterocycles. The average Bonchev–Trinajstić information content (AvgIpc) is 3.34. The van der Waals surface area contributed by atoms with Crippen LogP contribution < -0.4 is 14.8 Å².